The van der Waals surface area contributed by atoms with E-state index in [1.54, 1.807) is 13.2 Å². The van der Waals surface area contributed by atoms with E-state index in [2.05, 4.69) is 19.4 Å². The van der Waals surface area contributed by atoms with Gasteiger partial charge in [0.15, 0.2) is 11.5 Å². The maximum Gasteiger partial charge on any atom is 0.244 e. The van der Waals surface area contributed by atoms with Gasteiger partial charge >= 0.3 is 0 Å². The molecule has 1 aliphatic heterocycles. The summed E-state index contributed by atoms with van der Waals surface area (Å²) in [6, 6.07) is 13.6. The molecule has 0 aliphatic carbocycles. The predicted molar refractivity (Wildman–Crippen MR) is 108 cm³/mol. The molecule has 2 aromatic carbocycles. The highest BCUT2D eigenvalue weighted by molar-refractivity contribution is 5.92. The molecule has 0 saturated heterocycles. The second-order valence-corrected chi connectivity index (χ2v) is 6.96. The summed E-state index contributed by atoms with van der Waals surface area (Å²) in [7, 11) is 5.72. The van der Waals surface area contributed by atoms with Crippen LogP contribution >= 0.6 is 0 Å². The Labute approximate surface area is 165 Å². The number of quaternary nitrogens is 1. The minimum Gasteiger partial charge on any atom is -0.493 e. The Morgan fingerprint density at radius 2 is 1.96 bits per heavy atom. The van der Waals surface area contributed by atoms with Gasteiger partial charge in [-0.2, -0.15) is 0 Å². The summed E-state index contributed by atoms with van der Waals surface area (Å²) in [5, 5.41) is 3.09. The van der Waals surface area contributed by atoms with Gasteiger partial charge in [-0.3, -0.25) is 4.79 Å². The van der Waals surface area contributed by atoms with Crippen molar-refractivity contribution in [1.29, 1.82) is 0 Å². The summed E-state index contributed by atoms with van der Waals surface area (Å²) in [6.45, 7) is 1.78. The number of nitrogens with one attached hydrogen (secondary N) is 2. The Morgan fingerprint density at radius 3 is 2.68 bits per heavy atom. The number of methoxy groups -OCH3 is 1. The molecule has 0 radical (unpaired) electrons. The molecule has 1 aliphatic rings. The summed E-state index contributed by atoms with van der Waals surface area (Å²) >= 11 is 0. The molecule has 2 N–H and O–H groups in total. The Morgan fingerprint density at radius 1 is 1.21 bits per heavy atom. The van der Waals surface area contributed by atoms with Crippen LogP contribution in [0.15, 0.2) is 48.5 Å². The second-order valence-electron chi connectivity index (χ2n) is 6.96. The molecule has 0 aromatic heterocycles. The van der Waals surface area contributed by atoms with Crippen LogP contribution in [0.25, 0.3) is 6.08 Å². The number of fused-ring (bicyclic) bond motifs is 1. The molecule has 0 spiro atoms. The average Bonchev–Trinajstić information content (AvgIpc) is 2.71. The van der Waals surface area contributed by atoms with Crippen LogP contribution in [0, 0.1) is 0 Å². The van der Waals surface area contributed by atoms with Crippen molar-refractivity contribution in [2.45, 2.75) is 6.04 Å². The number of likely N-dealkylation sites (N-methyl/N-ethyl adjacent to an activating group) is 1. The number of carbonyl (C=O) groups is 1. The van der Waals surface area contributed by atoms with E-state index >= 15 is 0 Å². The van der Waals surface area contributed by atoms with Gasteiger partial charge in [0, 0.05) is 6.08 Å². The molecule has 1 amide bonds. The Kier molecular flexibility index (Phi) is 6.55. The van der Waals surface area contributed by atoms with Crippen molar-refractivity contribution < 1.29 is 23.9 Å². The Bertz CT molecular complexity index is 817. The van der Waals surface area contributed by atoms with Crippen LogP contribution in [-0.4, -0.2) is 46.9 Å². The number of benzene rings is 2. The second kappa shape index (κ2) is 9.28. The number of ether oxygens (including phenoxy) is 3. The normalized spacial score (nSPS) is 14.1. The van der Waals surface area contributed by atoms with Crippen molar-refractivity contribution in [3.05, 3.63) is 59.7 Å². The number of hydrogen-bond acceptors (Lipinski definition) is 4. The molecule has 0 bridgehead atoms. The molecular weight excluding hydrogens is 356 g/mol. The summed E-state index contributed by atoms with van der Waals surface area (Å²) in [6.07, 6.45) is 3.28. The van der Waals surface area contributed by atoms with Gasteiger partial charge in [-0.15, -0.1) is 0 Å². The van der Waals surface area contributed by atoms with E-state index in [1.807, 2.05) is 42.5 Å². The third kappa shape index (κ3) is 5.04. The molecule has 0 fully saturated rings. The minimum absolute atomic E-state index is 0.0573. The Hall–Kier alpha value is -2.99. The van der Waals surface area contributed by atoms with Crippen LogP contribution in [-0.2, 0) is 4.79 Å². The number of amides is 1. The lowest BCUT2D eigenvalue weighted by atomic mass is 10.1. The third-order valence-electron chi connectivity index (χ3n) is 4.41. The van der Waals surface area contributed by atoms with Crippen LogP contribution in [0.1, 0.15) is 17.2 Å². The first-order valence-corrected chi connectivity index (χ1v) is 9.37. The number of rotatable bonds is 7. The first kappa shape index (κ1) is 19.8. The highest BCUT2D eigenvalue weighted by atomic mass is 16.6. The quantitative estimate of drug-likeness (QED) is 0.711. The maximum absolute atomic E-state index is 12.5. The first-order valence-electron chi connectivity index (χ1n) is 9.37. The first-order chi connectivity index (χ1) is 13.6. The van der Waals surface area contributed by atoms with Crippen LogP contribution < -0.4 is 24.4 Å². The minimum atomic E-state index is -0.149. The standard InChI is InChI=1S/C22H26N2O4/c1-24(2)15-18(17-7-5-4-6-8-17)23-21(25)10-9-16-13-19(26-3)22-20(14-16)27-11-12-28-22/h4-10,13-14,18H,11-12,15H2,1-3H3,(H,23,25)/p+1/b10-9+/t18-/m1/s1. The summed E-state index contributed by atoms with van der Waals surface area (Å²) < 4.78 is 16.6. The van der Waals surface area contributed by atoms with E-state index < -0.39 is 0 Å². The zero-order valence-electron chi connectivity index (χ0n) is 16.5. The SMILES string of the molecule is COc1cc(/C=C/C(=O)N[C@H](C[NH+](C)C)c2ccccc2)cc2c1OCCO2. The molecule has 28 heavy (non-hydrogen) atoms. The van der Waals surface area contributed by atoms with Gasteiger partial charge in [-0.05, 0) is 29.3 Å². The van der Waals surface area contributed by atoms with Crippen molar-refractivity contribution >= 4 is 12.0 Å². The van der Waals surface area contributed by atoms with Crippen molar-refractivity contribution in [1.82, 2.24) is 5.32 Å². The fourth-order valence-electron chi connectivity index (χ4n) is 3.13. The van der Waals surface area contributed by atoms with Crippen LogP contribution in [0.3, 0.4) is 0 Å². The van der Waals surface area contributed by atoms with Crippen LogP contribution in [0.5, 0.6) is 17.2 Å². The molecule has 6 heteroatoms. The highest BCUT2D eigenvalue weighted by Gasteiger charge is 2.19. The van der Waals surface area contributed by atoms with E-state index in [0.29, 0.717) is 30.5 Å². The van der Waals surface area contributed by atoms with Crippen molar-refractivity contribution in [2.24, 2.45) is 0 Å². The van der Waals surface area contributed by atoms with Crippen molar-refractivity contribution in [2.75, 3.05) is 41.0 Å². The van der Waals surface area contributed by atoms with Crippen molar-refractivity contribution in [3.8, 4) is 17.2 Å². The highest BCUT2D eigenvalue weighted by Crippen LogP contribution is 2.40. The van der Waals surface area contributed by atoms with Crippen LogP contribution in [0.4, 0.5) is 0 Å². The fraction of sp³-hybridized carbons (Fsp3) is 0.318. The molecule has 6 nitrogen and oxygen atoms in total. The van der Waals surface area contributed by atoms with Gasteiger partial charge in [0.05, 0.1) is 21.2 Å². The third-order valence-corrected chi connectivity index (χ3v) is 4.41. The van der Waals surface area contributed by atoms with Crippen molar-refractivity contribution in [3.63, 3.8) is 0 Å². The van der Waals surface area contributed by atoms with E-state index in [1.165, 1.54) is 11.0 Å². The van der Waals surface area contributed by atoms with Gasteiger partial charge in [0.25, 0.3) is 0 Å². The number of carbonyl (C=O) groups excluding carboxylic acids is 1. The summed E-state index contributed by atoms with van der Waals surface area (Å²) in [5.41, 5.74) is 1.90. The van der Waals surface area contributed by atoms with Gasteiger partial charge in [0.1, 0.15) is 25.8 Å². The molecule has 0 saturated carbocycles. The van der Waals surface area contributed by atoms with E-state index in [-0.39, 0.29) is 11.9 Å². The topological polar surface area (TPSA) is 61.2 Å². The fourth-order valence-corrected chi connectivity index (χ4v) is 3.13. The monoisotopic (exact) mass is 383 g/mol. The Balaban J connectivity index is 1.73. The lowest BCUT2D eigenvalue weighted by molar-refractivity contribution is -0.860. The predicted octanol–water partition coefficient (Wildman–Crippen LogP) is 1.48. The van der Waals surface area contributed by atoms with E-state index in [0.717, 1.165) is 17.7 Å². The molecule has 148 valence electrons. The molecule has 2 aromatic rings. The van der Waals surface area contributed by atoms with Gasteiger partial charge < -0.3 is 24.4 Å². The van der Waals surface area contributed by atoms with Gasteiger partial charge in [0.2, 0.25) is 11.7 Å². The zero-order valence-corrected chi connectivity index (χ0v) is 16.5. The summed E-state index contributed by atoms with van der Waals surface area (Å²) in [4.78, 5) is 13.8. The number of hydrogen-bond donors (Lipinski definition) is 2. The van der Waals surface area contributed by atoms with E-state index in [9.17, 15) is 4.79 Å². The molecule has 1 heterocycles. The molecule has 0 unspecified atom stereocenters. The smallest absolute Gasteiger partial charge is 0.244 e. The van der Waals surface area contributed by atoms with Crippen LogP contribution in [0.2, 0.25) is 0 Å². The largest absolute Gasteiger partial charge is 0.493 e. The van der Waals surface area contributed by atoms with Gasteiger partial charge in [-0.1, -0.05) is 30.3 Å². The van der Waals surface area contributed by atoms with E-state index in [4.69, 9.17) is 14.2 Å². The average molecular weight is 383 g/mol. The molecular formula is C22H27N2O4+. The molecule has 1 atom stereocenters. The molecule has 3 rings (SSSR count). The summed E-state index contributed by atoms with van der Waals surface area (Å²) in [5.74, 6) is 1.68. The zero-order chi connectivity index (χ0) is 19.9. The van der Waals surface area contributed by atoms with Gasteiger partial charge in [-0.25, -0.2) is 0 Å². The maximum atomic E-state index is 12.5. The lowest BCUT2D eigenvalue weighted by Gasteiger charge is -2.21. The lowest BCUT2D eigenvalue weighted by Crippen LogP contribution is -3.06.